The number of fused-ring (bicyclic) bond motifs is 3. The Hall–Kier alpha value is -5.91. The Morgan fingerprint density at radius 2 is 0.964 bits per heavy atom. The van der Waals surface area contributed by atoms with Gasteiger partial charge in [-0.3, -0.25) is 19.8 Å². The number of halogens is 3. The van der Waals surface area contributed by atoms with Crippen molar-refractivity contribution in [2.45, 2.75) is 106 Å². The van der Waals surface area contributed by atoms with Crippen molar-refractivity contribution in [2.24, 2.45) is 5.41 Å². The van der Waals surface area contributed by atoms with E-state index in [2.05, 4.69) is 86.5 Å². The Morgan fingerprint density at radius 3 is 1.37 bits per heavy atom. The molecule has 12 rings (SSSR count). The van der Waals surface area contributed by atoms with Crippen LogP contribution in [0.15, 0.2) is 99.9 Å². The summed E-state index contributed by atoms with van der Waals surface area (Å²) in [4.78, 5) is 61.5. The number of ether oxygens (including phenoxy) is 7. The highest BCUT2D eigenvalue weighted by Gasteiger charge is 2.50. The van der Waals surface area contributed by atoms with Gasteiger partial charge in [-0.2, -0.15) is 0 Å². The molecule has 4 fully saturated rings. The predicted octanol–water partition coefficient (Wildman–Crippen LogP) is 10.6. The second-order valence-corrected chi connectivity index (χ2v) is 24.7. The van der Waals surface area contributed by atoms with Gasteiger partial charge in [-0.05, 0) is 156 Å². The fourth-order valence-electron chi connectivity index (χ4n) is 9.98. The number of hydrogen-bond acceptors (Lipinski definition) is 17. The third-order valence-corrected chi connectivity index (χ3v) is 18.9. The second kappa shape index (κ2) is 28.1. The fraction of sp³-hybridized carbons (Fsp3) is 0.444. The fourth-order valence-corrected chi connectivity index (χ4v) is 11.9. The third kappa shape index (κ3) is 15.9. The van der Waals surface area contributed by atoms with E-state index in [9.17, 15) is 29.1 Å². The first-order valence-corrected chi connectivity index (χ1v) is 30.5. The average Bonchev–Trinajstić information content (AvgIpc) is 4.45. The lowest BCUT2D eigenvalue weighted by Crippen LogP contribution is -2.36. The molecule has 3 aliphatic heterocycles. The molecule has 5 aromatic rings. The summed E-state index contributed by atoms with van der Waals surface area (Å²) < 4.78 is 38.0. The number of hydroxylamine groups is 1. The Labute approximate surface area is 515 Å². The first-order valence-electron chi connectivity index (χ1n) is 27.8. The van der Waals surface area contributed by atoms with Crippen molar-refractivity contribution in [1.82, 2.24) is 20.6 Å². The maximum atomic E-state index is 11.5. The van der Waals surface area contributed by atoms with Crippen LogP contribution in [0.2, 0.25) is 0 Å². The van der Waals surface area contributed by atoms with Gasteiger partial charge in [0.05, 0.1) is 67.3 Å². The van der Waals surface area contributed by atoms with E-state index in [4.69, 9.17) is 28.9 Å². The topological polar surface area (TPSA) is 221 Å². The maximum Gasteiger partial charge on any atom is 0.337 e. The molecular formula is C63H73Br3N4O14. The Bertz CT molecular complexity index is 3120. The van der Waals surface area contributed by atoms with Gasteiger partial charge < -0.3 is 43.6 Å². The van der Waals surface area contributed by atoms with Crippen LogP contribution < -0.4 is 25.0 Å². The number of likely N-dealkylation sites (N-methyl/N-ethyl adjacent to an activating group) is 2. The van der Waals surface area contributed by atoms with Crippen molar-refractivity contribution in [3.05, 3.63) is 156 Å². The summed E-state index contributed by atoms with van der Waals surface area (Å²) in [6, 6.07) is 27.2. The molecule has 3 spiro atoms. The molecule has 0 radical (unpaired) electrons. The molecule has 4 saturated carbocycles. The molecule has 0 bridgehead atoms. The van der Waals surface area contributed by atoms with Crippen molar-refractivity contribution < 1.29 is 67.4 Å². The zero-order valence-electron chi connectivity index (χ0n) is 48.2. The number of nitrogens with one attached hydrogen (secondary N) is 2. The highest BCUT2D eigenvalue weighted by molar-refractivity contribution is 9.11. The summed E-state index contributed by atoms with van der Waals surface area (Å²) in [6.07, 6.45) is 11.2. The van der Waals surface area contributed by atoms with E-state index >= 15 is 0 Å². The van der Waals surface area contributed by atoms with Crippen LogP contribution in [0.25, 0.3) is 0 Å². The Morgan fingerprint density at radius 1 is 0.560 bits per heavy atom. The largest absolute Gasteiger partial charge is 0.491 e. The number of benzene rings is 5. The lowest BCUT2D eigenvalue weighted by atomic mass is 9.97. The van der Waals surface area contributed by atoms with Gasteiger partial charge in [0.25, 0.3) is 5.91 Å². The van der Waals surface area contributed by atoms with E-state index in [-0.39, 0.29) is 52.5 Å². The van der Waals surface area contributed by atoms with Crippen molar-refractivity contribution in [3.8, 4) is 17.2 Å². The van der Waals surface area contributed by atoms with Crippen LogP contribution in [0.3, 0.4) is 0 Å². The molecule has 1 amide bonds. The van der Waals surface area contributed by atoms with E-state index in [1.165, 1.54) is 72.5 Å². The summed E-state index contributed by atoms with van der Waals surface area (Å²) in [5.74, 6) is 0.553. The van der Waals surface area contributed by atoms with Crippen LogP contribution >= 0.6 is 47.8 Å². The normalized spacial score (nSPS) is 18.0. The van der Waals surface area contributed by atoms with E-state index in [0.717, 1.165) is 99.1 Å². The minimum atomic E-state index is -0.514. The van der Waals surface area contributed by atoms with E-state index in [0.29, 0.717) is 47.6 Å². The predicted molar refractivity (Wildman–Crippen MR) is 324 cm³/mol. The second-order valence-electron chi connectivity index (χ2n) is 22.4. The van der Waals surface area contributed by atoms with Crippen LogP contribution in [-0.2, 0) is 50.3 Å². The summed E-state index contributed by atoms with van der Waals surface area (Å²) in [7, 11) is 9.77. The number of alkyl halides is 1. The SMILES string of the molecule is CN1Cc2ccc(C(=O)NO)cc2OCC12CC2.COC(=O)c1ccc(CBr)c(Br)c1.COC(=O)c1ccc(CCC2(CO)CC2)c(Br)c1.COC(=O)c1ccc2c(c1)OCC1(CC1)N(C)C2.COC(=O)c1ccc2c(c1)OCC1(CC1)NC2. The Kier molecular flexibility index (Phi) is 21.4. The van der Waals surface area contributed by atoms with Gasteiger partial charge in [-0.25, -0.2) is 24.7 Å². The molecule has 18 nitrogen and oxygen atoms in total. The molecule has 0 unspecified atom stereocenters. The number of amides is 1. The highest BCUT2D eigenvalue weighted by atomic mass is 79.9. The number of hydrogen-bond donors (Lipinski definition) is 4. The number of carbonyl (C=O) groups excluding carboxylic acids is 5. The molecule has 4 aliphatic carbocycles. The summed E-state index contributed by atoms with van der Waals surface area (Å²) >= 11 is 10.2. The number of aliphatic hydroxyl groups excluding tert-OH is 1. The molecule has 4 N–H and O–H groups in total. The maximum absolute atomic E-state index is 11.5. The lowest BCUT2D eigenvalue weighted by molar-refractivity contribution is 0.0591. The number of nitrogens with zero attached hydrogens (tertiary/aromatic N) is 2. The van der Waals surface area contributed by atoms with Crippen LogP contribution in [0.4, 0.5) is 0 Å². The minimum absolute atomic E-state index is 0.167. The van der Waals surface area contributed by atoms with E-state index in [1.54, 1.807) is 66.1 Å². The van der Waals surface area contributed by atoms with Crippen molar-refractivity contribution in [3.63, 3.8) is 0 Å². The van der Waals surface area contributed by atoms with E-state index < -0.39 is 5.91 Å². The number of carbonyl (C=O) groups is 5. The first kappa shape index (κ1) is 64.1. The molecule has 5 aromatic carbocycles. The molecule has 21 heteroatoms. The van der Waals surface area contributed by atoms with Gasteiger partial charge >= 0.3 is 23.9 Å². The van der Waals surface area contributed by atoms with Gasteiger partial charge in [-0.15, -0.1) is 0 Å². The molecule has 450 valence electrons. The van der Waals surface area contributed by atoms with Gasteiger partial charge in [0.15, 0.2) is 0 Å². The average molecular weight is 1350 g/mol. The molecule has 0 saturated heterocycles. The van der Waals surface area contributed by atoms with Gasteiger partial charge in [0.1, 0.15) is 37.1 Å². The van der Waals surface area contributed by atoms with Crippen molar-refractivity contribution in [2.75, 3.05) is 69.0 Å². The smallest absolute Gasteiger partial charge is 0.337 e. The summed E-state index contributed by atoms with van der Waals surface area (Å²) in [5, 5.41) is 22.2. The number of esters is 4. The molecule has 0 atom stereocenters. The third-order valence-electron chi connectivity index (χ3n) is 16.8. The minimum Gasteiger partial charge on any atom is -0.491 e. The lowest BCUT2D eigenvalue weighted by Gasteiger charge is -2.23. The molecule has 0 aromatic heterocycles. The molecular weight excluding hydrogens is 1280 g/mol. The van der Waals surface area contributed by atoms with Gasteiger partial charge in [0.2, 0.25) is 0 Å². The standard InChI is InChI=1S/C14H17BrO3.C14H17NO3.C13H16N2O3.C13H15NO3.C9H8Br2O2/c1-18-13(17)11-3-2-10(12(15)8-11)4-5-14(9-16)6-7-14;1-15-8-11-4-3-10(13(16)17-2)7-12(11)18-9-14(15)5-6-14;1-15-7-10-3-2-9(12(16)14-17)6-11(10)18-8-13(15)4-5-13;1-16-12(15)9-2-3-10-7-14-13(4-5-13)8-17-11(10)6-9;1-13-9(12)6-2-3-7(5-10)8(11)4-6/h2-3,8,16H,4-7,9H2,1H3;3-4,7H,5-6,8-9H2,1-2H3;2-3,6,17H,4-5,7-8H2,1H3,(H,14,16);2-3,6,14H,4-5,7-8H2,1H3;2-4H,5H2,1H3. The summed E-state index contributed by atoms with van der Waals surface area (Å²) in [5.41, 5.74) is 10.6. The number of rotatable bonds is 10. The molecule has 7 aliphatic rings. The zero-order chi connectivity index (χ0) is 60.4. The number of aryl methyl sites for hydroxylation is 1. The molecule has 84 heavy (non-hydrogen) atoms. The first-order chi connectivity index (χ1) is 40.3. The number of methoxy groups -OCH3 is 4. The van der Waals surface area contributed by atoms with Crippen LogP contribution in [0.5, 0.6) is 17.2 Å². The monoisotopic (exact) mass is 1350 g/mol. The van der Waals surface area contributed by atoms with E-state index in [1.807, 2.05) is 30.3 Å². The van der Waals surface area contributed by atoms with Gasteiger partial charge in [-0.1, -0.05) is 78.1 Å². The van der Waals surface area contributed by atoms with Crippen molar-refractivity contribution in [1.29, 1.82) is 0 Å². The Balaban J connectivity index is 0.000000138. The number of aliphatic hydroxyl groups is 1. The van der Waals surface area contributed by atoms with Gasteiger partial charge in [0, 0.05) is 62.8 Å². The zero-order valence-corrected chi connectivity index (χ0v) is 53.0. The van der Waals surface area contributed by atoms with Crippen LogP contribution in [0.1, 0.15) is 137 Å². The summed E-state index contributed by atoms with van der Waals surface area (Å²) in [6.45, 7) is 4.85. The molecule has 3 heterocycles. The highest BCUT2D eigenvalue weighted by Crippen LogP contribution is 2.49. The van der Waals surface area contributed by atoms with Crippen molar-refractivity contribution >= 4 is 77.6 Å². The van der Waals surface area contributed by atoms with Crippen LogP contribution in [0, 0.1) is 5.41 Å². The van der Waals surface area contributed by atoms with Crippen LogP contribution in [-0.4, -0.2) is 135 Å². The quantitative estimate of drug-likeness (QED) is 0.0336.